The molecule has 2 aromatic heterocycles. The highest BCUT2D eigenvalue weighted by Crippen LogP contribution is 2.23. The second-order valence-electron chi connectivity index (χ2n) is 4.32. The molecule has 1 N–H and O–H groups in total. The van der Waals surface area contributed by atoms with Gasteiger partial charge in [-0.15, -0.1) is 16.4 Å². The first-order valence-corrected chi connectivity index (χ1v) is 7.69. The SMILES string of the molecule is Cn1nnnc1-c1cccc(NCc2csc(Br)c2)c1. The van der Waals surface area contributed by atoms with Crippen molar-refractivity contribution in [3.05, 3.63) is 45.1 Å². The summed E-state index contributed by atoms with van der Waals surface area (Å²) in [6.45, 7) is 0.794. The Kier molecular flexibility index (Phi) is 3.79. The van der Waals surface area contributed by atoms with E-state index in [-0.39, 0.29) is 0 Å². The van der Waals surface area contributed by atoms with Crippen molar-refractivity contribution in [3.63, 3.8) is 0 Å². The minimum Gasteiger partial charge on any atom is -0.381 e. The van der Waals surface area contributed by atoms with Crippen LogP contribution in [0.1, 0.15) is 5.56 Å². The molecule has 0 amide bonds. The maximum Gasteiger partial charge on any atom is 0.181 e. The van der Waals surface area contributed by atoms with Crippen molar-refractivity contribution in [2.24, 2.45) is 7.05 Å². The van der Waals surface area contributed by atoms with Crippen molar-refractivity contribution in [3.8, 4) is 11.4 Å². The highest BCUT2D eigenvalue weighted by atomic mass is 79.9. The highest BCUT2D eigenvalue weighted by molar-refractivity contribution is 9.11. The van der Waals surface area contributed by atoms with Crippen molar-refractivity contribution in [1.29, 1.82) is 0 Å². The molecule has 0 radical (unpaired) electrons. The Hall–Kier alpha value is -1.73. The Balaban J connectivity index is 1.76. The number of anilines is 1. The summed E-state index contributed by atoms with van der Waals surface area (Å²) in [5.41, 5.74) is 3.30. The van der Waals surface area contributed by atoms with E-state index in [2.05, 4.69) is 48.2 Å². The van der Waals surface area contributed by atoms with Gasteiger partial charge in [0.25, 0.3) is 0 Å². The maximum atomic E-state index is 4.02. The number of hydrogen-bond donors (Lipinski definition) is 1. The van der Waals surface area contributed by atoms with Gasteiger partial charge in [-0.2, -0.15) is 0 Å². The predicted octanol–water partition coefficient (Wildman–Crippen LogP) is 3.31. The summed E-state index contributed by atoms with van der Waals surface area (Å²) < 4.78 is 2.81. The number of nitrogens with zero attached hydrogens (tertiary/aromatic N) is 4. The van der Waals surface area contributed by atoms with E-state index < -0.39 is 0 Å². The summed E-state index contributed by atoms with van der Waals surface area (Å²) in [6, 6.07) is 10.2. The number of hydrogen-bond acceptors (Lipinski definition) is 5. The van der Waals surface area contributed by atoms with Crippen LogP contribution in [0.5, 0.6) is 0 Å². The topological polar surface area (TPSA) is 55.6 Å². The Bertz CT molecular complexity index is 721. The molecule has 0 unspecified atom stereocenters. The van der Waals surface area contributed by atoms with Gasteiger partial charge in [-0.3, -0.25) is 0 Å². The van der Waals surface area contributed by atoms with E-state index in [1.165, 1.54) is 5.56 Å². The number of tetrazole rings is 1. The van der Waals surface area contributed by atoms with Gasteiger partial charge in [-0.05, 0) is 55.5 Å². The lowest BCUT2D eigenvalue weighted by Crippen LogP contribution is -1.99. The molecule has 0 aliphatic rings. The molecular formula is C13H12BrN5S. The second-order valence-corrected chi connectivity index (χ2v) is 6.61. The smallest absolute Gasteiger partial charge is 0.181 e. The molecule has 0 aliphatic heterocycles. The largest absolute Gasteiger partial charge is 0.381 e. The maximum absolute atomic E-state index is 4.02. The van der Waals surface area contributed by atoms with Crippen LogP contribution in [0.4, 0.5) is 5.69 Å². The quantitative estimate of drug-likeness (QED) is 0.784. The zero-order chi connectivity index (χ0) is 13.9. The molecule has 5 nitrogen and oxygen atoms in total. The predicted molar refractivity (Wildman–Crippen MR) is 83.6 cm³/mol. The summed E-state index contributed by atoms with van der Waals surface area (Å²) in [6.07, 6.45) is 0. The summed E-state index contributed by atoms with van der Waals surface area (Å²) in [5, 5.41) is 17.1. The van der Waals surface area contributed by atoms with Crippen molar-refractivity contribution < 1.29 is 0 Å². The van der Waals surface area contributed by atoms with E-state index in [9.17, 15) is 0 Å². The van der Waals surface area contributed by atoms with Gasteiger partial charge in [0.2, 0.25) is 0 Å². The first kappa shape index (κ1) is 13.3. The minimum absolute atomic E-state index is 0.756. The zero-order valence-corrected chi connectivity index (χ0v) is 13.1. The molecule has 3 rings (SSSR count). The summed E-state index contributed by atoms with van der Waals surface area (Å²) in [5.74, 6) is 0.756. The average Bonchev–Trinajstić information content (AvgIpc) is 3.05. The number of thiophene rings is 1. The van der Waals surface area contributed by atoms with Crippen LogP contribution in [0.2, 0.25) is 0 Å². The van der Waals surface area contributed by atoms with E-state index in [1.807, 2.05) is 31.3 Å². The first-order valence-electron chi connectivity index (χ1n) is 6.02. The normalized spacial score (nSPS) is 10.7. The molecule has 0 fully saturated rings. The van der Waals surface area contributed by atoms with Crippen LogP contribution < -0.4 is 5.32 Å². The Morgan fingerprint density at radius 2 is 2.25 bits per heavy atom. The van der Waals surface area contributed by atoms with Crippen LogP contribution in [0.15, 0.2) is 39.5 Å². The van der Waals surface area contributed by atoms with E-state index in [0.29, 0.717) is 0 Å². The number of rotatable bonds is 4. The van der Waals surface area contributed by atoms with Crippen LogP contribution in [0.25, 0.3) is 11.4 Å². The standard InChI is InChI=1S/C13H12BrN5S/c1-19-13(16-17-18-19)10-3-2-4-11(6-10)15-7-9-5-12(14)20-8-9/h2-6,8,15H,7H2,1H3. The van der Waals surface area contributed by atoms with E-state index in [0.717, 1.165) is 27.4 Å². The van der Waals surface area contributed by atoms with Gasteiger partial charge in [0.1, 0.15) is 0 Å². The van der Waals surface area contributed by atoms with Crippen LogP contribution >= 0.6 is 27.3 Å². The third kappa shape index (κ3) is 2.88. The molecule has 2 heterocycles. The van der Waals surface area contributed by atoms with Gasteiger partial charge in [0.05, 0.1) is 3.79 Å². The Morgan fingerprint density at radius 3 is 2.95 bits per heavy atom. The number of aryl methyl sites for hydroxylation is 1. The van der Waals surface area contributed by atoms with Gasteiger partial charge in [0, 0.05) is 24.8 Å². The summed E-state index contributed by atoms with van der Waals surface area (Å²) in [7, 11) is 1.83. The molecule has 0 spiro atoms. The van der Waals surface area contributed by atoms with Gasteiger partial charge < -0.3 is 5.32 Å². The number of halogens is 1. The fraction of sp³-hybridized carbons (Fsp3) is 0.154. The molecule has 102 valence electrons. The molecule has 3 aromatic rings. The number of benzene rings is 1. The van der Waals surface area contributed by atoms with E-state index >= 15 is 0 Å². The van der Waals surface area contributed by atoms with Gasteiger partial charge in [-0.1, -0.05) is 12.1 Å². The van der Waals surface area contributed by atoms with Crippen LogP contribution in [0.3, 0.4) is 0 Å². The third-order valence-corrected chi connectivity index (χ3v) is 4.41. The number of nitrogens with one attached hydrogen (secondary N) is 1. The van der Waals surface area contributed by atoms with Crippen molar-refractivity contribution in [1.82, 2.24) is 20.2 Å². The van der Waals surface area contributed by atoms with Crippen molar-refractivity contribution in [2.75, 3.05) is 5.32 Å². The molecule has 1 aromatic carbocycles. The number of aromatic nitrogens is 4. The zero-order valence-electron chi connectivity index (χ0n) is 10.7. The molecule has 0 saturated heterocycles. The van der Waals surface area contributed by atoms with Gasteiger partial charge in [0.15, 0.2) is 5.82 Å². The average molecular weight is 350 g/mol. The molecular weight excluding hydrogens is 338 g/mol. The lowest BCUT2D eigenvalue weighted by Gasteiger charge is -2.07. The lowest BCUT2D eigenvalue weighted by atomic mass is 10.2. The van der Waals surface area contributed by atoms with E-state index in [4.69, 9.17) is 0 Å². The molecule has 20 heavy (non-hydrogen) atoms. The van der Waals surface area contributed by atoms with Crippen LogP contribution in [-0.2, 0) is 13.6 Å². The van der Waals surface area contributed by atoms with Gasteiger partial charge >= 0.3 is 0 Å². The Morgan fingerprint density at radius 1 is 1.35 bits per heavy atom. The lowest BCUT2D eigenvalue weighted by molar-refractivity contribution is 0.714. The fourth-order valence-electron chi connectivity index (χ4n) is 1.88. The molecule has 7 heteroatoms. The van der Waals surface area contributed by atoms with Crippen LogP contribution in [0, 0.1) is 0 Å². The van der Waals surface area contributed by atoms with Crippen molar-refractivity contribution >= 4 is 33.0 Å². The molecule has 0 saturated carbocycles. The molecule has 0 bridgehead atoms. The Labute approximate surface area is 128 Å². The molecule has 0 atom stereocenters. The van der Waals surface area contributed by atoms with Crippen molar-refractivity contribution in [2.45, 2.75) is 6.54 Å². The fourth-order valence-corrected chi connectivity index (χ4v) is 3.09. The van der Waals surface area contributed by atoms with Crippen LogP contribution in [-0.4, -0.2) is 20.2 Å². The summed E-state index contributed by atoms with van der Waals surface area (Å²) in [4.78, 5) is 0. The molecule has 0 aliphatic carbocycles. The monoisotopic (exact) mass is 349 g/mol. The highest BCUT2D eigenvalue weighted by Gasteiger charge is 2.06. The van der Waals surface area contributed by atoms with E-state index in [1.54, 1.807) is 16.0 Å². The first-order chi connectivity index (χ1) is 9.72. The minimum atomic E-state index is 0.756. The summed E-state index contributed by atoms with van der Waals surface area (Å²) >= 11 is 5.16. The van der Waals surface area contributed by atoms with Gasteiger partial charge in [-0.25, -0.2) is 4.68 Å². The second kappa shape index (κ2) is 5.72. The third-order valence-electron chi connectivity index (χ3n) is 2.86.